The summed E-state index contributed by atoms with van der Waals surface area (Å²) in [5, 5.41) is 8.37. The van der Waals surface area contributed by atoms with E-state index in [1.54, 1.807) is 6.33 Å². The summed E-state index contributed by atoms with van der Waals surface area (Å²) in [7, 11) is 1.27. The molecule has 0 fully saturated rings. The third-order valence-electron chi connectivity index (χ3n) is 6.85. The maximum atomic E-state index is 13.6. The van der Waals surface area contributed by atoms with E-state index in [1.165, 1.54) is 7.11 Å². The van der Waals surface area contributed by atoms with Gasteiger partial charge in [0.1, 0.15) is 18.1 Å². The second-order valence-corrected chi connectivity index (χ2v) is 12.4. The van der Waals surface area contributed by atoms with Crippen molar-refractivity contribution in [1.29, 1.82) is 0 Å². The van der Waals surface area contributed by atoms with Crippen LogP contribution in [0.3, 0.4) is 0 Å². The summed E-state index contributed by atoms with van der Waals surface area (Å²) in [5.74, 6) is -1.66. The fraction of sp³-hybridized carbons (Fsp3) is 0.594. The second kappa shape index (κ2) is 17.4. The molecule has 0 radical (unpaired) electrons. The first-order chi connectivity index (χ1) is 20.3. The highest BCUT2D eigenvalue weighted by Gasteiger charge is 2.32. The third-order valence-corrected chi connectivity index (χ3v) is 6.85. The van der Waals surface area contributed by atoms with Gasteiger partial charge in [-0.05, 0) is 42.6 Å². The molecule has 238 valence electrons. The molecular weight excluding hydrogens is 548 g/mol. The number of nitrogens with two attached hydrogens (primary N) is 1. The summed E-state index contributed by atoms with van der Waals surface area (Å²) in [5.41, 5.74) is 7.75. The fourth-order valence-electron chi connectivity index (χ4n) is 4.78. The molecule has 4 atom stereocenters. The lowest BCUT2D eigenvalue weighted by Crippen LogP contribution is -2.58. The average molecular weight is 599 g/mol. The Balaban J connectivity index is 2.30. The number of hydrogen-bond acceptors (Lipinski definition) is 7. The molecule has 2 aromatic rings. The van der Waals surface area contributed by atoms with Gasteiger partial charge in [0.05, 0.1) is 25.2 Å². The molecule has 0 aliphatic heterocycles. The van der Waals surface area contributed by atoms with Crippen LogP contribution in [0.15, 0.2) is 42.9 Å². The molecule has 2 rings (SSSR count). The topological polar surface area (TPSA) is 157 Å². The second-order valence-electron chi connectivity index (χ2n) is 12.4. The molecular formula is C32H50N6O5. The number of methoxy groups -OCH3 is 1. The number of carbonyl (C=O) groups excluding carboxylic acids is 4. The molecule has 43 heavy (non-hydrogen) atoms. The van der Waals surface area contributed by atoms with Gasteiger partial charge in [-0.15, -0.1) is 0 Å². The zero-order chi connectivity index (χ0) is 32.1. The summed E-state index contributed by atoms with van der Waals surface area (Å²) in [6, 6.07) is 6.27. The average Bonchev–Trinajstić information content (AvgIpc) is 3.37. The first-order valence-electron chi connectivity index (χ1n) is 15.1. The number of esters is 1. The van der Waals surface area contributed by atoms with Crippen molar-refractivity contribution in [2.75, 3.05) is 7.11 Å². The van der Waals surface area contributed by atoms with Crippen LogP contribution in [0.2, 0.25) is 0 Å². The van der Waals surface area contributed by atoms with Crippen LogP contribution in [-0.2, 0) is 36.9 Å². The molecule has 3 amide bonds. The zero-order valence-corrected chi connectivity index (χ0v) is 26.6. The fourth-order valence-corrected chi connectivity index (χ4v) is 4.78. The van der Waals surface area contributed by atoms with Gasteiger partial charge in [-0.1, -0.05) is 71.9 Å². The lowest BCUT2D eigenvalue weighted by molar-refractivity contribution is -0.146. The number of ether oxygens (including phenoxy) is 1. The van der Waals surface area contributed by atoms with Gasteiger partial charge in [-0.3, -0.25) is 14.4 Å². The summed E-state index contributed by atoms with van der Waals surface area (Å²) < 4.78 is 6.81. The predicted molar refractivity (Wildman–Crippen MR) is 166 cm³/mol. The first-order valence-corrected chi connectivity index (χ1v) is 15.1. The molecule has 0 unspecified atom stereocenters. The minimum atomic E-state index is -1.07. The van der Waals surface area contributed by atoms with Gasteiger partial charge in [0.15, 0.2) is 0 Å². The molecule has 0 saturated carbocycles. The summed E-state index contributed by atoms with van der Waals surface area (Å²) >= 11 is 0. The van der Waals surface area contributed by atoms with Gasteiger partial charge in [0.2, 0.25) is 17.7 Å². The number of nitrogens with one attached hydrogen (secondary N) is 3. The van der Waals surface area contributed by atoms with Gasteiger partial charge in [-0.25, -0.2) is 9.78 Å². The Morgan fingerprint density at radius 3 is 1.91 bits per heavy atom. The lowest BCUT2D eigenvalue weighted by Gasteiger charge is -2.26. The predicted octanol–water partition coefficient (Wildman–Crippen LogP) is 2.57. The summed E-state index contributed by atoms with van der Waals surface area (Å²) in [6.07, 6.45) is 4.76. The van der Waals surface area contributed by atoms with Crippen molar-refractivity contribution in [3.63, 3.8) is 0 Å². The zero-order valence-electron chi connectivity index (χ0n) is 26.6. The summed E-state index contributed by atoms with van der Waals surface area (Å²) in [6.45, 7) is 12.3. The van der Waals surface area contributed by atoms with Crippen LogP contribution in [0, 0.1) is 17.8 Å². The Morgan fingerprint density at radius 2 is 1.33 bits per heavy atom. The number of aromatic nitrogens is 2. The van der Waals surface area contributed by atoms with Crippen LogP contribution >= 0.6 is 0 Å². The highest BCUT2D eigenvalue weighted by atomic mass is 16.5. The minimum Gasteiger partial charge on any atom is -0.467 e. The number of benzene rings is 1. The maximum Gasteiger partial charge on any atom is 0.328 e. The van der Waals surface area contributed by atoms with Crippen molar-refractivity contribution in [1.82, 2.24) is 25.5 Å². The van der Waals surface area contributed by atoms with E-state index in [4.69, 9.17) is 10.5 Å². The number of carbonyl (C=O) groups is 4. The van der Waals surface area contributed by atoms with E-state index >= 15 is 0 Å². The van der Waals surface area contributed by atoms with E-state index in [0.717, 1.165) is 5.56 Å². The van der Waals surface area contributed by atoms with E-state index in [-0.39, 0.29) is 24.2 Å². The number of amides is 3. The molecule has 0 bridgehead atoms. The molecule has 11 nitrogen and oxygen atoms in total. The van der Waals surface area contributed by atoms with E-state index in [9.17, 15) is 19.2 Å². The number of rotatable bonds is 17. The van der Waals surface area contributed by atoms with Crippen molar-refractivity contribution in [3.05, 3.63) is 54.1 Å². The monoisotopic (exact) mass is 598 g/mol. The lowest BCUT2D eigenvalue weighted by atomic mass is 9.99. The first kappa shape index (κ1) is 35.5. The van der Waals surface area contributed by atoms with Crippen molar-refractivity contribution < 1.29 is 23.9 Å². The highest BCUT2D eigenvalue weighted by molar-refractivity contribution is 5.94. The standard InChI is InChI=1S/C32H50N6O5/c1-20(2)13-25(33)29(39)35-26(14-21(3)4)30(40)36-27(31(41)37-28(15-22(5)6)32(42)43-7)16-24-18-38(19-34-24)17-23-11-9-8-10-12-23/h8-12,18-22,25-28H,13-17,33H2,1-7H3,(H,35,39)(H,36,40)(H,37,41)/t25-,26-,27+,28+/m1/s1. The number of imidazole rings is 1. The van der Waals surface area contributed by atoms with Gasteiger partial charge >= 0.3 is 5.97 Å². The van der Waals surface area contributed by atoms with E-state index in [1.807, 2.05) is 82.6 Å². The Bertz CT molecular complexity index is 1180. The summed E-state index contributed by atoms with van der Waals surface area (Å²) in [4.78, 5) is 57.0. The van der Waals surface area contributed by atoms with Crippen LogP contribution in [-0.4, -0.2) is 64.5 Å². The van der Waals surface area contributed by atoms with Crippen LogP contribution < -0.4 is 21.7 Å². The third kappa shape index (κ3) is 12.6. The normalized spacial score (nSPS) is 14.2. The SMILES string of the molecule is COC(=O)[C@H](CC(C)C)NC(=O)[C@H](Cc1cn(Cc2ccccc2)cn1)NC(=O)[C@@H](CC(C)C)NC(=O)[C@H](N)CC(C)C. The van der Waals surface area contributed by atoms with Crippen LogP contribution in [0.25, 0.3) is 0 Å². The molecule has 5 N–H and O–H groups in total. The Hall–Kier alpha value is -3.73. The molecule has 0 aliphatic rings. The Kier molecular flexibility index (Phi) is 14.4. The molecule has 1 aromatic carbocycles. The van der Waals surface area contributed by atoms with Crippen molar-refractivity contribution in [2.24, 2.45) is 23.5 Å². The quantitative estimate of drug-likeness (QED) is 0.204. The van der Waals surface area contributed by atoms with Gasteiger partial charge in [0.25, 0.3) is 0 Å². The maximum absolute atomic E-state index is 13.6. The van der Waals surface area contributed by atoms with E-state index in [2.05, 4.69) is 20.9 Å². The molecule has 1 heterocycles. The Labute approximate surface area is 255 Å². The van der Waals surface area contributed by atoms with Crippen molar-refractivity contribution in [3.8, 4) is 0 Å². The molecule has 0 spiro atoms. The molecule has 1 aromatic heterocycles. The van der Waals surface area contributed by atoms with Crippen molar-refractivity contribution in [2.45, 2.75) is 97.9 Å². The van der Waals surface area contributed by atoms with Crippen LogP contribution in [0.4, 0.5) is 0 Å². The smallest absolute Gasteiger partial charge is 0.328 e. The molecule has 0 aliphatic carbocycles. The van der Waals surface area contributed by atoms with Gasteiger partial charge in [-0.2, -0.15) is 0 Å². The Morgan fingerprint density at radius 1 is 0.791 bits per heavy atom. The van der Waals surface area contributed by atoms with Gasteiger partial charge in [0, 0.05) is 19.2 Å². The van der Waals surface area contributed by atoms with Crippen molar-refractivity contribution >= 4 is 23.7 Å². The van der Waals surface area contributed by atoms with Crippen LogP contribution in [0.1, 0.15) is 72.1 Å². The largest absolute Gasteiger partial charge is 0.467 e. The number of hydrogen-bond donors (Lipinski definition) is 4. The van der Waals surface area contributed by atoms with E-state index in [0.29, 0.717) is 31.5 Å². The van der Waals surface area contributed by atoms with Crippen LogP contribution in [0.5, 0.6) is 0 Å². The minimum absolute atomic E-state index is 0.0736. The molecule has 11 heteroatoms. The molecule has 0 saturated heterocycles. The highest BCUT2D eigenvalue weighted by Crippen LogP contribution is 2.12. The number of nitrogens with zero attached hydrogens (tertiary/aromatic N) is 2. The van der Waals surface area contributed by atoms with E-state index < -0.39 is 47.9 Å². The van der Waals surface area contributed by atoms with Gasteiger partial charge < -0.3 is 31.0 Å².